The summed E-state index contributed by atoms with van der Waals surface area (Å²) in [7, 11) is 0. The van der Waals surface area contributed by atoms with Gasteiger partial charge in [0.2, 0.25) is 11.8 Å². The van der Waals surface area contributed by atoms with Crippen LogP contribution in [0.5, 0.6) is 0 Å². The molecule has 0 aromatic heterocycles. The first-order valence-corrected chi connectivity index (χ1v) is 9.26. The molecule has 0 aliphatic carbocycles. The lowest BCUT2D eigenvalue weighted by atomic mass is 9.84. The third kappa shape index (κ3) is 5.20. The topological polar surface area (TPSA) is 52.7 Å². The third-order valence-electron chi connectivity index (χ3n) is 5.34. The summed E-state index contributed by atoms with van der Waals surface area (Å²) in [5, 5.41) is 3.39. The molecule has 0 aromatic rings. The molecule has 5 heteroatoms. The average Bonchev–Trinajstić information content (AvgIpc) is 2.80. The molecular weight excluding hydrogens is 290 g/mol. The van der Waals surface area contributed by atoms with Gasteiger partial charge in [-0.15, -0.1) is 0 Å². The maximum atomic E-state index is 12.6. The molecule has 2 fully saturated rings. The van der Waals surface area contributed by atoms with Crippen molar-refractivity contribution >= 4 is 11.8 Å². The van der Waals surface area contributed by atoms with Crippen LogP contribution in [0.3, 0.4) is 0 Å². The number of rotatable bonds is 4. The number of nitrogens with zero attached hydrogens (tertiary/aromatic N) is 2. The predicted octanol–water partition coefficient (Wildman–Crippen LogP) is 1.73. The molecular formula is C18H33N3O2. The van der Waals surface area contributed by atoms with Crippen LogP contribution >= 0.6 is 0 Å². The molecule has 0 aromatic carbocycles. The lowest BCUT2D eigenvalue weighted by Gasteiger charge is -2.30. The molecule has 23 heavy (non-hydrogen) atoms. The van der Waals surface area contributed by atoms with Gasteiger partial charge in [-0.3, -0.25) is 9.59 Å². The van der Waals surface area contributed by atoms with E-state index in [2.05, 4.69) is 12.2 Å². The lowest BCUT2D eigenvalue weighted by molar-refractivity contribution is -0.136. The van der Waals surface area contributed by atoms with Crippen LogP contribution in [0, 0.1) is 17.8 Å². The summed E-state index contributed by atoms with van der Waals surface area (Å²) in [5.74, 6) is 1.65. The second-order valence-corrected chi connectivity index (χ2v) is 7.48. The highest BCUT2D eigenvalue weighted by Gasteiger charge is 2.26. The van der Waals surface area contributed by atoms with Gasteiger partial charge < -0.3 is 15.1 Å². The van der Waals surface area contributed by atoms with Gasteiger partial charge >= 0.3 is 0 Å². The minimum Gasteiger partial charge on any atom is -0.341 e. The predicted molar refractivity (Wildman–Crippen MR) is 92.0 cm³/mol. The van der Waals surface area contributed by atoms with Gasteiger partial charge in [0, 0.05) is 38.5 Å². The van der Waals surface area contributed by atoms with Crippen LogP contribution in [0.1, 0.15) is 46.5 Å². The van der Waals surface area contributed by atoms with E-state index in [-0.39, 0.29) is 17.7 Å². The monoisotopic (exact) mass is 323 g/mol. The highest BCUT2D eigenvalue weighted by atomic mass is 16.2. The summed E-state index contributed by atoms with van der Waals surface area (Å²) < 4.78 is 0. The highest BCUT2D eigenvalue weighted by Crippen LogP contribution is 2.25. The molecule has 2 aliphatic rings. The fourth-order valence-corrected chi connectivity index (χ4v) is 3.74. The van der Waals surface area contributed by atoms with Gasteiger partial charge in [0.25, 0.3) is 0 Å². The van der Waals surface area contributed by atoms with Crippen molar-refractivity contribution in [3.05, 3.63) is 0 Å². The van der Waals surface area contributed by atoms with Crippen LogP contribution in [0.25, 0.3) is 0 Å². The molecule has 0 spiro atoms. The Bertz CT molecular complexity index is 405. The fraction of sp³-hybridized carbons (Fsp3) is 0.889. The molecule has 1 atom stereocenters. The lowest BCUT2D eigenvalue weighted by Crippen LogP contribution is -2.39. The first kappa shape index (κ1) is 18.2. The van der Waals surface area contributed by atoms with E-state index >= 15 is 0 Å². The minimum atomic E-state index is 0.0391. The summed E-state index contributed by atoms with van der Waals surface area (Å²) in [4.78, 5) is 28.7. The van der Waals surface area contributed by atoms with Crippen LogP contribution in [0.15, 0.2) is 0 Å². The van der Waals surface area contributed by atoms with E-state index in [4.69, 9.17) is 0 Å². The van der Waals surface area contributed by atoms with E-state index in [0.717, 1.165) is 32.6 Å². The molecule has 2 rings (SSSR count). The Balaban J connectivity index is 1.81. The molecule has 2 heterocycles. The molecule has 1 N–H and O–H groups in total. The SMILES string of the molecule is CC(C)C(=O)N1CCCN(C(=O)CC(C)C2CCNCC2)CC1. The molecule has 0 radical (unpaired) electrons. The van der Waals surface area contributed by atoms with Gasteiger partial charge in [-0.25, -0.2) is 0 Å². The molecule has 0 bridgehead atoms. The largest absolute Gasteiger partial charge is 0.341 e. The van der Waals surface area contributed by atoms with Crippen molar-refractivity contribution in [1.29, 1.82) is 0 Å². The Morgan fingerprint density at radius 2 is 1.61 bits per heavy atom. The van der Waals surface area contributed by atoms with Crippen molar-refractivity contribution in [3.63, 3.8) is 0 Å². The maximum absolute atomic E-state index is 12.6. The Morgan fingerprint density at radius 1 is 1.00 bits per heavy atom. The Labute approximate surface area is 140 Å². The average molecular weight is 323 g/mol. The zero-order valence-corrected chi connectivity index (χ0v) is 15.0. The molecule has 2 saturated heterocycles. The van der Waals surface area contributed by atoms with E-state index in [1.165, 1.54) is 12.8 Å². The van der Waals surface area contributed by atoms with Crippen molar-refractivity contribution in [2.45, 2.75) is 46.5 Å². The number of amides is 2. The van der Waals surface area contributed by atoms with E-state index in [1.54, 1.807) is 0 Å². The molecule has 5 nitrogen and oxygen atoms in total. The van der Waals surface area contributed by atoms with E-state index in [1.807, 2.05) is 23.6 Å². The van der Waals surface area contributed by atoms with E-state index in [9.17, 15) is 9.59 Å². The molecule has 2 aliphatic heterocycles. The van der Waals surface area contributed by atoms with Crippen LogP contribution < -0.4 is 5.32 Å². The van der Waals surface area contributed by atoms with Gasteiger partial charge in [0.1, 0.15) is 0 Å². The summed E-state index contributed by atoms with van der Waals surface area (Å²) in [5.41, 5.74) is 0. The highest BCUT2D eigenvalue weighted by molar-refractivity contribution is 5.79. The van der Waals surface area contributed by atoms with E-state index < -0.39 is 0 Å². The number of nitrogens with one attached hydrogen (secondary N) is 1. The van der Waals surface area contributed by atoms with E-state index in [0.29, 0.717) is 31.3 Å². The van der Waals surface area contributed by atoms with Gasteiger partial charge in [-0.05, 0) is 44.2 Å². The van der Waals surface area contributed by atoms with Gasteiger partial charge in [-0.2, -0.15) is 0 Å². The van der Waals surface area contributed by atoms with Crippen LogP contribution in [0.4, 0.5) is 0 Å². The summed E-state index contributed by atoms with van der Waals surface area (Å²) in [6, 6.07) is 0. The number of piperidine rings is 1. The second kappa shape index (κ2) is 8.67. The van der Waals surface area contributed by atoms with Gasteiger partial charge in [0.15, 0.2) is 0 Å². The van der Waals surface area contributed by atoms with Gasteiger partial charge in [0.05, 0.1) is 0 Å². The third-order valence-corrected chi connectivity index (χ3v) is 5.34. The standard InChI is InChI=1S/C18H33N3O2/c1-14(2)18(23)21-10-4-9-20(11-12-21)17(22)13-15(3)16-5-7-19-8-6-16/h14-16,19H,4-13H2,1-3H3. The minimum absolute atomic E-state index is 0.0391. The number of hydrogen-bond acceptors (Lipinski definition) is 3. The van der Waals surface area contributed by atoms with Crippen molar-refractivity contribution in [2.24, 2.45) is 17.8 Å². The first-order chi connectivity index (χ1) is 11.0. The van der Waals surface area contributed by atoms with Gasteiger partial charge in [-0.1, -0.05) is 20.8 Å². The number of hydrogen-bond donors (Lipinski definition) is 1. The first-order valence-electron chi connectivity index (χ1n) is 9.26. The quantitative estimate of drug-likeness (QED) is 0.857. The molecule has 0 saturated carbocycles. The summed E-state index contributed by atoms with van der Waals surface area (Å²) in [6.45, 7) is 11.2. The smallest absolute Gasteiger partial charge is 0.225 e. The van der Waals surface area contributed by atoms with Crippen LogP contribution in [-0.2, 0) is 9.59 Å². The molecule has 1 unspecified atom stereocenters. The van der Waals surface area contributed by atoms with Crippen molar-refractivity contribution < 1.29 is 9.59 Å². The number of carbonyl (C=O) groups is 2. The Morgan fingerprint density at radius 3 is 2.26 bits per heavy atom. The zero-order valence-electron chi connectivity index (χ0n) is 15.0. The normalized spacial score (nSPS) is 22.1. The Kier molecular flexibility index (Phi) is 6.88. The zero-order chi connectivity index (χ0) is 16.8. The summed E-state index contributed by atoms with van der Waals surface area (Å²) in [6.07, 6.45) is 3.92. The van der Waals surface area contributed by atoms with Crippen LogP contribution in [-0.4, -0.2) is 60.9 Å². The Hall–Kier alpha value is -1.10. The second-order valence-electron chi connectivity index (χ2n) is 7.48. The maximum Gasteiger partial charge on any atom is 0.225 e. The van der Waals surface area contributed by atoms with Crippen molar-refractivity contribution in [3.8, 4) is 0 Å². The van der Waals surface area contributed by atoms with Crippen molar-refractivity contribution in [1.82, 2.24) is 15.1 Å². The van der Waals surface area contributed by atoms with Crippen LogP contribution in [0.2, 0.25) is 0 Å². The van der Waals surface area contributed by atoms with Crippen molar-refractivity contribution in [2.75, 3.05) is 39.3 Å². The molecule has 132 valence electrons. The number of carbonyl (C=O) groups excluding carboxylic acids is 2. The molecule has 2 amide bonds. The summed E-state index contributed by atoms with van der Waals surface area (Å²) >= 11 is 0. The fourth-order valence-electron chi connectivity index (χ4n) is 3.74.